The van der Waals surface area contributed by atoms with Crippen LogP contribution >= 0.6 is 11.6 Å². The van der Waals surface area contributed by atoms with Crippen LogP contribution in [0.15, 0.2) is 18.2 Å². The summed E-state index contributed by atoms with van der Waals surface area (Å²) in [5, 5.41) is 0.610. The van der Waals surface area contributed by atoms with E-state index < -0.39 is 0 Å². The minimum Gasteiger partial charge on any atom is -0.369 e. The summed E-state index contributed by atoms with van der Waals surface area (Å²) in [6.07, 6.45) is 2.01. The van der Waals surface area contributed by atoms with Crippen molar-refractivity contribution in [2.24, 2.45) is 0 Å². The van der Waals surface area contributed by atoms with E-state index in [1.165, 1.54) is 0 Å². The van der Waals surface area contributed by atoms with Gasteiger partial charge < -0.3 is 9.80 Å². The van der Waals surface area contributed by atoms with Crippen LogP contribution in [0.4, 0.5) is 5.69 Å². The van der Waals surface area contributed by atoms with Gasteiger partial charge in [0.05, 0.1) is 0 Å². The number of carbonyl (C=O) groups is 1. The molecule has 3 nitrogen and oxygen atoms in total. The SMILES string of the molecule is CN(C)[C@H]1CCN(c2ccc(Cl)cc2C=O)C1. The number of hydrogen-bond acceptors (Lipinski definition) is 3. The van der Waals surface area contributed by atoms with Gasteiger partial charge >= 0.3 is 0 Å². The lowest BCUT2D eigenvalue weighted by Crippen LogP contribution is -2.31. The van der Waals surface area contributed by atoms with Crippen LogP contribution < -0.4 is 4.90 Å². The first-order valence-corrected chi connectivity index (χ1v) is 6.15. The summed E-state index contributed by atoms with van der Waals surface area (Å²) in [5.41, 5.74) is 1.67. The van der Waals surface area contributed by atoms with Gasteiger partial charge in [0.15, 0.2) is 6.29 Å². The summed E-state index contributed by atoms with van der Waals surface area (Å²) in [5.74, 6) is 0. The third kappa shape index (κ3) is 2.61. The van der Waals surface area contributed by atoms with Crippen LogP contribution in [0.2, 0.25) is 5.02 Å². The van der Waals surface area contributed by atoms with Gasteiger partial charge in [0, 0.05) is 35.4 Å². The minimum absolute atomic E-state index is 0.560. The van der Waals surface area contributed by atoms with E-state index in [1.54, 1.807) is 6.07 Å². The Kier molecular flexibility index (Phi) is 3.69. The molecule has 1 aromatic rings. The van der Waals surface area contributed by atoms with Crippen molar-refractivity contribution >= 4 is 23.6 Å². The fourth-order valence-electron chi connectivity index (χ4n) is 2.29. The highest BCUT2D eigenvalue weighted by molar-refractivity contribution is 6.31. The second kappa shape index (κ2) is 5.07. The van der Waals surface area contributed by atoms with Crippen LogP contribution in [0.5, 0.6) is 0 Å². The molecule has 0 unspecified atom stereocenters. The third-order valence-corrected chi connectivity index (χ3v) is 3.59. The van der Waals surface area contributed by atoms with E-state index in [9.17, 15) is 4.79 Å². The van der Waals surface area contributed by atoms with Gasteiger partial charge in [-0.05, 0) is 38.7 Å². The Morgan fingerprint density at radius 2 is 2.24 bits per heavy atom. The molecule has 1 aromatic carbocycles. The molecule has 0 N–H and O–H groups in total. The summed E-state index contributed by atoms with van der Waals surface area (Å²) in [6.45, 7) is 1.96. The minimum atomic E-state index is 0.560. The van der Waals surface area contributed by atoms with E-state index in [-0.39, 0.29) is 0 Å². The van der Waals surface area contributed by atoms with E-state index in [2.05, 4.69) is 23.9 Å². The van der Waals surface area contributed by atoms with Crippen molar-refractivity contribution < 1.29 is 4.79 Å². The Hall–Kier alpha value is -1.06. The number of anilines is 1. The first-order chi connectivity index (χ1) is 8.11. The maximum Gasteiger partial charge on any atom is 0.152 e. The molecule has 17 heavy (non-hydrogen) atoms. The smallest absolute Gasteiger partial charge is 0.152 e. The quantitative estimate of drug-likeness (QED) is 0.772. The molecule has 92 valence electrons. The highest BCUT2D eigenvalue weighted by Crippen LogP contribution is 2.27. The lowest BCUT2D eigenvalue weighted by molar-refractivity contribution is 0.112. The lowest BCUT2D eigenvalue weighted by atomic mass is 10.2. The maximum absolute atomic E-state index is 11.1. The molecule has 1 heterocycles. The number of benzene rings is 1. The van der Waals surface area contributed by atoms with Crippen molar-refractivity contribution in [1.82, 2.24) is 4.90 Å². The van der Waals surface area contributed by atoms with Crippen molar-refractivity contribution in [1.29, 1.82) is 0 Å². The van der Waals surface area contributed by atoms with Crippen molar-refractivity contribution in [3.8, 4) is 0 Å². The van der Waals surface area contributed by atoms with Gasteiger partial charge in [-0.25, -0.2) is 0 Å². The Bertz CT molecular complexity index is 420. The molecule has 0 spiro atoms. The van der Waals surface area contributed by atoms with Crippen LogP contribution in [-0.4, -0.2) is 44.4 Å². The average Bonchev–Trinajstić information content (AvgIpc) is 2.78. The predicted molar refractivity (Wildman–Crippen MR) is 71.1 cm³/mol. The molecular weight excluding hydrogens is 236 g/mol. The molecule has 1 aliphatic rings. The summed E-state index contributed by atoms with van der Waals surface area (Å²) in [6, 6.07) is 6.06. The number of likely N-dealkylation sites (N-methyl/N-ethyl adjacent to an activating group) is 1. The van der Waals surface area contributed by atoms with Crippen molar-refractivity contribution in [2.45, 2.75) is 12.5 Å². The van der Waals surface area contributed by atoms with Crippen molar-refractivity contribution in [2.75, 3.05) is 32.1 Å². The van der Waals surface area contributed by atoms with E-state index in [0.717, 1.165) is 31.5 Å². The molecule has 0 aromatic heterocycles. The van der Waals surface area contributed by atoms with Gasteiger partial charge in [0.2, 0.25) is 0 Å². The van der Waals surface area contributed by atoms with Gasteiger partial charge in [-0.2, -0.15) is 0 Å². The fraction of sp³-hybridized carbons (Fsp3) is 0.462. The van der Waals surface area contributed by atoms with Gasteiger partial charge in [-0.1, -0.05) is 11.6 Å². The Balaban J connectivity index is 2.21. The second-order valence-electron chi connectivity index (χ2n) is 4.67. The molecule has 0 bridgehead atoms. The second-order valence-corrected chi connectivity index (χ2v) is 5.11. The zero-order valence-corrected chi connectivity index (χ0v) is 10.9. The number of rotatable bonds is 3. The molecule has 1 aliphatic heterocycles. The monoisotopic (exact) mass is 252 g/mol. The molecule has 0 amide bonds. The molecule has 1 fully saturated rings. The number of halogens is 1. The maximum atomic E-state index is 11.1. The van der Waals surface area contributed by atoms with E-state index in [4.69, 9.17) is 11.6 Å². The van der Waals surface area contributed by atoms with Crippen LogP contribution in [0, 0.1) is 0 Å². The first kappa shape index (κ1) is 12.4. The van der Waals surface area contributed by atoms with Gasteiger partial charge in [-0.15, -0.1) is 0 Å². The van der Waals surface area contributed by atoms with E-state index >= 15 is 0 Å². The molecule has 2 rings (SSSR count). The highest BCUT2D eigenvalue weighted by atomic mass is 35.5. The molecule has 0 radical (unpaired) electrons. The molecule has 0 aliphatic carbocycles. The predicted octanol–water partition coefficient (Wildman–Crippen LogP) is 2.29. The van der Waals surface area contributed by atoms with Crippen molar-refractivity contribution in [3.05, 3.63) is 28.8 Å². The molecule has 1 saturated heterocycles. The third-order valence-electron chi connectivity index (χ3n) is 3.35. The van der Waals surface area contributed by atoms with Gasteiger partial charge in [0.1, 0.15) is 0 Å². The van der Waals surface area contributed by atoms with Crippen LogP contribution in [0.1, 0.15) is 16.8 Å². The number of hydrogen-bond donors (Lipinski definition) is 0. The highest BCUT2D eigenvalue weighted by Gasteiger charge is 2.25. The average molecular weight is 253 g/mol. The summed E-state index contributed by atoms with van der Waals surface area (Å²) >= 11 is 5.90. The summed E-state index contributed by atoms with van der Waals surface area (Å²) in [4.78, 5) is 15.5. The topological polar surface area (TPSA) is 23.6 Å². The Morgan fingerprint density at radius 1 is 1.47 bits per heavy atom. The zero-order valence-electron chi connectivity index (χ0n) is 10.2. The van der Waals surface area contributed by atoms with E-state index in [1.807, 2.05) is 12.1 Å². The Morgan fingerprint density at radius 3 is 2.82 bits per heavy atom. The first-order valence-electron chi connectivity index (χ1n) is 5.78. The molecule has 1 atom stereocenters. The normalized spacial score (nSPS) is 20.0. The number of nitrogens with zero attached hydrogens (tertiary/aromatic N) is 2. The number of aldehydes is 1. The van der Waals surface area contributed by atoms with Crippen LogP contribution in [0.25, 0.3) is 0 Å². The number of carbonyl (C=O) groups excluding carboxylic acids is 1. The largest absolute Gasteiger partial charge is 0.369 e. The lowest BCUT2D eigenvalue weighted by Gasteiger charge is -2.23. The zero-order chi connectivity index (χ0) is 12.4. The molecule has 0 saturated carbocycles. The van der Waals surface area contributed by atoms with Crippen LogP contribution in [0.3, 0.4) is 0 Å². The molecule has 4 heteroatoms. The van der Waals surface area contributed by atoms with Gasteiger partial charge in [-0.3, -0.25) is 4.79 Å². The van der Waals surface area contributed by atoms with Gasteiger partial charge in [0.25, 0.3) is 0 Å². The fourth-order valence-corrected chi connectivity index (χ4v) is 2.47. The van der Waals surface area contributed by atoms with E-state index in [0.29, 0.717) is 16.6 Å². The standard InChI is InChI=1S/C13H17ClN2O/c1-15(2)12-5-6-16(8-12)13-4-3-11(14)7-10(13)9-17/h3-4,7,9,12H,5-6,8H2,1-2H3/t12-/m0/s1. The summed E-state index contributed by atoms with van der Waals surface area (Å²) in [7, 11) is 4.19. The Labute approximate surface area is 107 Å². The van der Waals surface area contributed by atoms with Crippen molar-refractivity contribution in [3.63, 3.8) is 0 Å². The molecular formula is C13H17ClN2O. The van der Waals surface area contributed by atoms with Crippen LogP contribution in [-0.2, 0) is 0 Å². The summed E-state index contributed by atoms with van der Waals surface area (Å²) < 4.78 is 0.